The van der Waals surface area contributed by atoms with Gasteiger partial charge in [-0.25, -0.2) is 0 Å². The molecule has 0 saturated carbocycles. The molecule has 1 heterocycles. The lowest BCUT2D eigenvalue weighted by Gasteiger charge is -2.39. The van der Waals surface area contributed by atoms with Crippen molar-refractivity contribution in [1.29, 1.82) is 0 Å². The third kappa shape index (κ3) is 1.65. The second kappa shape index (κ2) is 3.03. The Labute approximate surface area is 83.0 Å². The van der Waals surface area contributed by atoms with Gasteiger partial charge in [0.2, 0.25) is 11.8 Å². The third-order valence-corrected chi connectivity index (χ3v) is 2.50. The topological polar surface area (TPSA) is 69.6 Å². The fourth-order valence-corrected chi connectivity index (χ4v) is 1.64. The van der Waals surface area contributed by atoms with Crippen LogP contribution in [0.5, 0.6) is 0 Å². The van der Waals surface area contributed by atoms with Gasteiger partial charge in [0.15, 0.2) is 0 Å². The predicted octanol–water partition coefficient (Wildman–Crippen LogP) is 0.281. The van der Waals surface area contributed by atoms with E-state index in [1.165, 1.54) is 0 Å². The molecule has 1 aliphatic rings. The molecule has 80 valence electrons. The van der Waals surface area contributed by atoms with Crippen LogP contribution in [-0.4, -0.2) is 33.2 Å². The zero-order chi connectivity index (χ0) is 11.1. The summed E-state index contributed by atoms with van der Waals surface area (Å²) in [4.78, 5) is 22.8. The minimum Gasteiger partial charge on any atom is -0.312 e. The molecule has 5 nitrogen and oxygen atoms in total. The molecule has 1 fully saturated rings. The van der Waals surface area contributed by atoms with Gasteiger partial charge in [0.25, 0.3) is 0 Å². The van der Waals surface area contributed by atoms with Gasteiger partial charge < -0.3 is 5.21 Å². The molecule has 0 aromatic carbocycles. The van der Waals surface area contributed by atoms with Crippen molar-refractivity contribution in [2.45, 2.75) is 45.2 Å². The number of amides is 2. The minimum atomic E-state index is -1.09. The summed E-state index contributed by atoms with van der Waals surface area (Å²) < 4.78 is 0. The summed E-state index contributed by atoms with van der Waals surface area (Å²) in [6.45, 7) is 6.57. The summed E-state index contributed by atoms with van der Waals surface area (Å²) in [6.07, 6.45) is 0.0959. The van der Waals surface area contributed by atoms with Gasteiger partial charge in [-0.05, 0) is 27.7 Å². The molecule has 0 spiro atoms. The van der Waals surface area contributed by atoms with E-state index in [0.29, 0.717) is 0 Å². The van der Waals surface area contributed by atoms with E-state index in [1.54, 1.807) is 27.7 Å². The number of nitrogens with zero attached hydrogens (tertiary/aromatic N) is 1. The number of carbonyl (C=O) groups excluding carboxylic acids is 2. The van der Waals surface area contributed by atoms with Crippen molar-refractivity contribution in [2.75, 3.05) is 0 Å². The molecule has 0 unspecified atom stereocenters. The molecule has 0 aromatic heterocycles. The van der Waals surface area contributed by atoms with Crippen LogP contribution in [0.1, 0.15) is 34.1 Å². The third-order valence-electron chi connectivity index (χ3n) is 2.50. The summed E-state index contributed by atoms with van der Waals surface area (Å²) in [5, 5.41) is 13.0. The highest BCUT2D eigenvalue weighted by Gasteiger charge is 2.46. The molecule has 0 atom stereocenters. The van der Waals surface area contributed by atoms with Gasteiger partial charge in [-0.1, -0.05) is 0 Å². The van der Waals surface area contributed by atoms with Crippen molar-refractivity contribution in [3.05, 3.63) is 0 Å². The molecule has 0 bridgehead atoms. The van der Waals surface area contributed by atoms with Crippen LogP contribution in [0.4, 0.5) is 0 Å². The Morgan fingerprint density at radius 2 is 1.79 bits per heavy atom. The second-order valence-corrected chi connectivity index (χ2v) is 4.74. The van der Waals surface area contributed by atoms with Crippen molar-refractivity contribution >= 4 is 11.8 Å². The first-order valence-corrected chi connectivity index (χ1v) is 4.51. The van der Waals surface area contributed by atoms with Crippen molar-refractivity contribution < 1.29 is 14.8 Å². The smallest absolute Gasteiger partial charge is 0.248 e. The van der Waals surface area contributed by atoms with Gasteiger partial charge in [0.05, 0.1) is 5.54 Å². The van der Waals surface area contributed by atoms with Crippen LogP contribution in [0.15, 0.2) is 0 Å². The normalized spacial score (nSPS) is 26.9. The summed E-state index contributed by atoms with van der Waals surface area (Å²) in [6, 6.07) is 0. The Hall–Kier alpha value is -0.940. The molecule has 5 heteroatoms. The summed E-state index contributed by atoms with van der Waals surface area (Å²) >= 11 is 0. The Morgan fingerprint density at radius 3 is 2.29 bits per heavy atom. The number of hydrogen-bond acceptors (Lipinski definition) is 4. The maximum Gasteiger partial charge on any atom is 0.248 e. The fourth-order valence-electron chi connectivity index (χ4n) is 1.64. The van der Waals surface area contributed by atoms with Crippen LogP contribution in [0, 0.1) is 0 Å². The van der Waals surface area contributed by atoms with Crippen molar-refractivity contribution in [2.24, 2.45) is 0 Å². The molecule has 2 amide bonds. The maximum atomic E-state index is 11.5. The zero-order valence-corrected chi connectivity index (χ0v) is 8.92. The Morgan fingerprint density at radius 1 is 1.29 bits per heavy atom. The molecule has 1 saturated heterocycles. The van der Waals surface area contributed by atoms with Crippen LogP contribution >= 0.6 is 0 Å². The van der Waals surface area contributed by atoms with Crippen LogP contribution in [-0.2, 0) is 9.59 Å². The number of hydroxylamine groups is 2. The van der Waals surface area contributed by atoms with E-state index in [2.05, 4.69) is 5.32 Å². The van der Waals surface area contributed by atoms with Gasteiger partial charge in [-0.3, -0.25) is 14.9 Å². The minimum absolute atomic E-state index is 0.0959. The number of carbonyl (C=O) groups is 2. The molecule has 0 aromatic rings. The quantitative estimate of drug-likeness (QED) is 0.551. The Kier molecular flexibility index (Phi) is 2.41. The van der Waals surface area contributed by atoms with Crippen LogP contribution < -0.4 is 5.32 Å². The highest BCUT2D eigenvalue weighted by Crippen LogP contribution is 2.28. The van der Waals surface area contributed by atoms with E-state index in [-0.39, 0.29) is 12.3 Å². The van der Waals surface area contributed by atoms with Crippen molar-refractivity contribution in [1.82, 2.24) is 10.4 Å². The SMILES string of the molecule is CC1(C)CC(=O)NC(=O)C(C)(C)N1O. The van der Waals surface area contributed by atoms with Crippen molar-refractivity contribution in [3.63, 3.8) is 0 Å². The molecular formula is C9H16N2O3. The lowest BCUT2D eigenvalue weighted by atomic mass is 9.95. The molecule has 0 aliphatic carbocycles. The van der Waals surface area contributed by atoms with Gasteiger partial charge in [-0.2, -0.15) is 5.06 Å². The fraction of sp³-hybridized carbons (Fsp3) is 0.778. The van der Waals surface area contributed by atoms with E-state index < -0.39 is 17.0 Å². The predicted molar refractivity (Wildman–Crippen MR) is 49.6 cm³/mol. The van der Waals surface area contributed by atoms with Crippen LogP contribution in [0.2, 0.25) is 0 Å². The monoisotopic (exact) mass is 200 g/mol. The Balaban J connectivity index is 3.12. The summed E-state index contributed by atoms with van der Waals surface area (Å²) in [5.74, 6) is -0.833. The van der Waals surface area contributed by atoms with E-state index in [0.717, 1.165) is 5.06 Å². The summed E-state index contributed by atoms with van der Waals surface area (Å²) in [5.41, 5.74) is -1.82. The highest BCUT2D eigenvalue weighted by atomic mass is 16.5. The molecule has 2 N–H and O–H groups in total. The largest absolute Gasteiger partial charge is 0.312 e. The number of hydrogen-bond donors (Lipinski definition) is 2. The highest BCUT2D eigenvalue weighted by molar-refractivity contribution is 6.00. The molecule has 1 aliphatic heterocycles. The van der Waals surface area contributed by atoms with E-state index in [1.807, 2.05) is 0 Å². The maximum absolute atomic E-state index is 11.5. The van der Waals surface area contributed by atoms with Crippen molar-refractivity contribution in [3.8, 4) is 0 Å². The number of imide groups is 1. The Bertz CT molecular complexity index is 284. The first-order chi connectivity index (χ1) is 6.18. The summed E-state index contributed by atoms with van der Waals surface area (Å²) in [7, 11) is 0. The average Bonchev–Trinajstić information content (AvgIpc) is 2.03. The average molecular weight is 200 g/mol. The van der Waals surface area contributed by atoms with Gasteiger partial charge >= 0.3 is 0 Å². The van der Waals surface area contributed by atoms with Crippen LogP contribution in [0.25, 0.3) is 0 Å². The second-order valence-electron chi connectivity index (χ2n) is 4.74. The zero-order valence-electron chi connectivity index (χ0n) is 8.92. The van der Waals surface area contributed by atoms with Crippen LogP contribution in [0.3, 0.4) is 0 Å². The van der Waals surface area contributed by atoms with E-state index in [4.69, 9.17) is 0 Å². The number of rotatable bonds is 0. The standard InChI is InChI=1S/C9H16N2O3/c1-8(2)5-6(12)10-7(13)9(3,4)11(8)14/h14H,5H2,1-4H3,(H,10,12,13). The first-order valence-electron chi connectivity index (χ1n) is 4.51. The van der Waals surface area contributed by atoms with Gasteiger partial charge in [-0.15, -0.1) is 0 Å². The molecular weight excluding hydrogens is 184 g/mol. The lowest BCUT2D eigenvalue weighted by Crippen LogP contribution is -2.57. The van der Waals surface area contributed by atoms with E-state index in [9.17, 15) is 14.8 Å². The first kappa shape index (κ1) is 11.1. The van der Waals surface area contributed by atoms with Gasteiger partial charge in [0, 0.05) is 6.42 Å². The van der Waals surface area contributed by atoms with E-state index >= 15 is 0 Å². The lowest BCUT2D eigenvalue weighted by molar-refractivity contribution is -0.217. The number of nitrogens with one attached hydrogen (secondary N) is 1. The van der Waals surface area contributed by atoms with Gasteiger partial charge in [0.1, 0.15) is 5.54 Å². The molecule has 14 heavy (non-hydrogen) atoms. The molecule has 1 rings (SSSR count). The molecule has 0 radical (unpaired) electrons.